The van der Waals surface area contributed by atoms with E-state index in [1.54, 1.807) is 21.3 Å². The van der Waals surface area contributed by atoms with Crippen molar-refractivity contribution in [2.24, 2.45) is 0 Å². The summed E-state index contributed by atoms with van der Waals surface area (Å²) in [6.07, 6.45) is 5.37. The highest BCUT2D eigenvalue weighted by molar-refractivity contribution is 6.60. The van der Waals surface area contributed by atoms with Gasteiger partial charge in [0.1, 0.15) is 0 Å². The molecule has 0 saturated carbocycles. The van der Waals surface area contributed by atoms with Gasteiger partial charge in [-0.3, -0.25) is 16.1 Å². The molecule has 0 rings (SSSR count). The molecule has 0 aromatic heterocycles. The zero-order valence-corrected chi connectivity index (χ0v) is 15.9. The standard InChI is InChI=1S/C14H33N5O3Si/c1-5-6-7-8-10-17-13(15)19-14(16)18-11-9-12-23(20-2,21-3)22-4/h5-12H2,1-4H3,(H5,15,16,17,18,19). The number of unbranched alkanes of at least 4 members (excludes halogenated alkanes) is 3. The SMILES string of the molecule is CCCCCCNC(=N)NC(=N)NCCC[Si](OC)(OC)OC. The van der Waals surface area contributed by atoms with Gasteiger partial charge in [0.15, 0.2) is 11.9 Å². The summed E-state index contributed by atoms with van der Waals surface area (Å²) in [5, 5.41) is 24.0. The van der Waals surface area contributed by atoms with Crippen molar-refractivity contribution in [3.05, 3.63) is 0 Å². The Hall–Kier alpha value is -1.16. The van der Waals surface area contributed by atoms with Crippen LogP contribution >= 0.6 is 0 Å². The molecule has 0 aliphatic rings. The molecular weight excluding hydrogens is 314 g/mol. The predicted molar refractivity (Wildman–Crippen MR) is 94.9 cm³/mol. The van der Waals surface area contributed by atoms with Crippen LogP contribution in [0.15, 0.2) is 0 Å². The molecule has 0 spiro atoms. The van der Waals surface area contributed by atoms with Crippen LogP contribution in [0, 0.1) is 10.8 Å². The fraction of sp³-hybridized carbons (Fsp3) is 0.857. The van der Waals surface area contributed by atoms with Gasteiger partial charge in [-0.25, -0.2) is 0 Å². The van der Waals surface area contributed by atoms with Gasteiger partial charge in [0.2, 0.25) is 0 Å². The second-order valence-electron chi connectivity index (χ2n) is 5.19. The van der Waals surface area contributed by atoms with Gasteiger partial charge in [-0.15, -0.1) is 0 Å². The van der Waals surface area contributed by atoms with E-state index in [4.69, 9.17) is 24.1 Å². The summed E-state index contributed by atoms with van der Waals surface area (Å²) in [5.41, 5.74) is 0. The van der Waals surface area contributed by atoms with Gasteiger partial charge in [0.25, 0.3) is 0 Å². The summed E-state index contributed by atoms with van der Waals surface area (Å²) in [5.74, 6) is 0.254. The van der Waals surface area contributed by atoms with Crippen molar-refractivity contribution < 1.29 is 13.3 Å². The van der Waals surface area contributed by atoms with E-state index in [-0.39, 0.29) is 11.9 Å². The lowest BCUT2D eigenvalue weighted by atomic mass is 10.2. The van der Waals surface area contributed by atoms with Gasteiger partial charge in [0.05, 0.1) is 0 Å². The molecule has 0 radical (unpaired) electrons. The fourth-order valence-corrected chi connectivity index (χ4v) is 3.78. The highest BCUT2D eigenvalue weighted by atomic mass is 28.4. The Morgan fingerprint density at radius 3 is 1.83 bits per heavy atom. The van der Waals surface area contributed by atoms with Crippen LogP contribution in [0.1, 0.15) is 39.0 Å². The molecule has 0 fully saturated rings. The Balaban J connectivity index is 3.76. The Bertz CT molecular complexity index is 332. The molecule has 0 unspecified atom stereocenters. The molecular formula is C14H33N5O3Si. The molecule has 0 atom stereocenters. The quantitative estimate of drug-likeness (QED) is 0.158. The number of guanidine groups is 2. The van der Waals surface area contributed by atoms with Crippen LogP contribution in [0.3, 0.4) is 0 Å². The molecule has 0 aromatic carbocycles. The lowest BCUT2D eigenvalue weighted by molar-refractivity contribution is 0.123. The molecule has 0 aliphatic heterocycles. The third kappa shape index (κ3) is 10.3. The maximum Gasteiger partial charge on any atom is 0.500 e. The molecule has 0 saturated heterocycles. The van der Waals surface area contributed by atoms with Crippen LogP contribution < -0.4 is 16.0 Å². The Morgan fingerprint density at radius 1 is 0.826 bits per heavy atom. The third-order valence-corrected chi connectivity index (χ3v) is 6.31. The molecule has 0 bridgehead atoms. The Labute approximate surface area is 141 Å². The Morgan fingerprint density at radius 2 is 1.35 bits per heavy atom. The lowest BCUT2D eigenvalue weighted by Crippen LogP contribution is -2.47. The van der Waals surface area contributed by atoms with Gasteiger partial charge in [-0.05, 0) is 12.8 Å². The molecule has 23 heavy (non-hydrogen) atoms. The second-order valence-corrected chi connectivity index (χ2v) is 8.28. The van der Waals surface area contributed by atoms with E-state index in [9.17, 15) is 0 Å². The van der Waals surface area contributed by atoms with E-state index in [1.807, 2.05) is 0 Å². The highest BCUT2D eigenvalue weighted by Crippen LogP contribution is 2.14. The smallest absolute Gasteiger partial charge is 0.377 e. The summed E-state index contributed by atoms with van der Waals surface area (Å²) >= 11 is 0. The fourth-order valence-electron chi connectivity index (χ4n) is 2.05. The molecule has 8 nitrogen and oxygen atoms in total. The van der Waals surface area contributed by atoms with Gasteiger partial charge in [-0.1, -0.05) is 26.2 Å². The number of hydrogen-bond donors (Lipinski definition) is 5. The summed E-state index contributed by atoms with van der Waals surface area (Å²) in [6, 6.07) is 0.671. The normalized spacial score (nSPS) is 11.1. The van der Waals surface area contributed by atoms with E-state index in [0.717, 1.165) is 25.8 Å². The summed E-state index contributed by atoms with van der Waals surface area (Å²) in [7, 11) is 2.23. The maximum absolute atomic E-state index is 7.75. The first kappa shape index (κ1) is 21.8. The molecule has 9 heteroatoms. The van der Waals surface area contributed by atoms with Crippen molar-refractivity contribution in [1.29, 1.82) is 10.8 Å². The monoisotopic (exact) mass is 347 g/mol. The maximum atomic E-state index is 7.75. The van der Waals surface area contributed by atoms with Gasteiger partial charge in [0, 0.05) is 40.5 Å². The zero-order valence-electron chi connectivity index (χ0n) is 14.9. The number of nitrogens with one attached hydrogen (secondary N) is 5. The Kier molecular flexibility index (Phi) is 12.6. The molecule has 0 aromatic rings. The van der Waals surface area contributed by atoms with Crippen molar-refractivity contribution in [3.8, 4) is 0 Å². The van der Waals surface area contributed by atoms with E-state index < -0.39 is 8.80 Å². The predicted octanol–water partition coefficient (Wildman–Crippen LogP) is 1.47. The van der Waals surface area contributed by atoms with Crippen molar-refractivity contribution in [2.75, 3.05) is 34.4 Å². The lowest BCUT2D eigenvalue weighted by Gasteiger charge is -2.24. The first-order valence-electron chi connectivity index (χ1n) is 8.10. The van der Waals surface area contributed by atoms with Crippen molar-refractivity contribution in [3.63, 3.8) is 0 Å². The molecule has 0 heterocycles. The van der Waals surface area contributed by atoms with Crippen LogP contribution in [-0.4, -0.2) is 55.1 Å². The third-order valence-electron chi connectivity index (χ3n) is 3.48. The minimum atomic E-state index is -2.54. The van der Waals surface area contributed by atoms with Crippen LogP contribution in [-0.2, 0) is 13.3 Å². The first-order chi connectivity index (χ1) is 11.0. The van der Waals surface area contributed by atoms with E-state index in [2.05, 4.69) is 22.9 Å². The van der Waals surface area contributed by atoms with Crippen molar-refractivity contribution >= 4 is 20.7 Å². The topological polar surface area (TPSA) is 111 Å². The number of hydrogen-bond acceptors (Lipinski definition) is 5. The largest absolute Gasteiger partial charge is 0.500 e. The summed E-state index contributed by atoms with van der Waals surface area (Å²) in [6.45, 7) is 3.51. The van der Waals surface area contributed by atoms with E-state index in [0.29, 0.717) is 12.6 Å². The van der Waals surface area contributed by atoms with Crippen LogP contribution in [0.4, 0.5) is 0 Å². The van der Waals surface area contributed by atoms with Crippen LogP contribution in [0.25, 0.3) is 0 Å². The highest BCUT2D eigenvalue weighted by Gasteiger charge is 2.36. The van der Waals surface area contributed by atoms with Gasteiger partial charge < -0.3 is 23.9 Å². The minimum Gasteiger partial charge on any atom is -0.377 e. The average Bonchev–Trinajstić information content (AvgIpc) is 2.55. The average molecular weight is 348 g/mol. The number of rotatable bonds is 12. The zero-order chi connectivity index (χ0) is 17.6. The second kappa shape index (κ2) is 13.3. The van der Waals surface area contributed by atoms with Crippen molar-refractivity contribution in [2.45, 2.75) is 45.1 Å². The first-order valence-corrected chi connectivity index (χ1v) is 10.0. The van der Waals surface area contributed by atoms with E-state index in [1.165, 1.54) is 12.8 Å². The molecule has 0 amide bonds. The molecule has 5 N–H and O–H groups in total. The van der Waals surface area contributed by atoms with Crippen LogP contribution in [0.2, 0.25) is 6.04 Å². The minimum absolute atomic E-state index is 0.107. The van der Waals surface area contributed by atoms with Crippen molar-refractivity contribution in [1.82, 2.24) is 16.0 Å². The van der Waals surface area contributed by atoms with Gasteiger partial charge >= 0.3 is 8.80 Å². The van der Waals surface area contributed by atoms with Gasteiger partial charge in [-0.2, -0.15) is 0 Å². The molecule has 136 valence electrons. The summed E-state index contributed by atoms with van der Waals surface area (Å²) in [4.78, 5) is 0. The summed E-state index contributed by atoms with van der Waals surface area (Å²) < 4.78 is 16.0. The molecule has 0 aliphatic carbocycles. The van der Waals surface area contributed by atoms with Crippen LogP contribution in [0.5, 0.6) is 0 Å². The van der Waals surface area contributed by atoms with E-state index >= 15 is 0 Å².